The highest BCUT2D eigenvalue weighted by molar-refractivity contribution is 7.92. The number of hydrogen-bond acceptors (Lipinski definition) is 3. The maximum absolute atomic E-state index is 13.4. The number of aryl methyl sites for hydroxylation is 2. The number of halogens is 1. The Morgan fingerprint density at radius 3 is 2.27 bits per heavy atom. The van der Waals surface area contributed by atoms with Gasteiger partial charge in [-0.1, -0.05) is 59.6 Å². The molecular formula is C23H23ClN2O3S. The Balaban J connectivity index is 1.91. The minimum Gasteiger partial charge on any atom is -0.350 e. The number of sulfonamides is 1. The minimum atomic E-state index is -3.95. The maximum atomic E-state index is 13.4. The lowest BCUT2D eigenvalue weighted by atomic mass is 10.2. The van der Waals surface area contributed by atoms with Gasteiger partial charge in [-0.15, -0.1) is 0 Å². The highest BCUT2D eigenvalue weighted by Crippen LogP contribution is 2.29. The van der Waals surface area contributed by atoms with Crippen molar-refractivity contribution >= 4 is 33.2 Å². The largest absolute Gasteiger partial charge is 0.350 e. The number of hydrogen-bond donors (Lipinski definition) is 1. The standard InChI is InChI=1S/C23H23ClN2O3S/c1-17-8-11-21(12-9-17)30(28,29)26(22-13-10-20(24)14-18(22)2)16-23(27)25-15-19-6-4-3-5-7-19/h3-14H,15-16H2,1-2H3,(H,25,27). The zero-order chi connectivity index (χ0) is 21.7. The maximum Gasteiger partial charge on any atom is 0.264 e. The molecule has 3 aromatic rings. The van der Waals surface area contributed by atoms with Gasteiger partial charge in [0.2, 0.25) is 5.91 Å². The van der Waals surface area contributed by atoms with Crippen molar-refractivity contribution in [3.05, 3.63) is 94.5 Å². The molecule has 0 aromatic heterocycles. The van der Waals surface area contributed by atoms with Crippen molar-refractivity contribution in [2.24, 2.45) is 0 Å². The summed E-state index contributed by atoms with van der Waals surface area (Å²) in [6.45, 7) is 3.62. The first-order chi connectivity index (χ1) is 14.3. The fraction of sp³-hybridized carbons (Fsp3) is 0.174. The molecule has 30 heavy (non-hydrogen) atoms. The van der Waals surface area contributed by atoms with Crippen LogP contribution in [0.2, 0.25) is 5.02 Å². The molecule has 0 bridgehead atoms. The molecule has 7 heteroatoms. The van der Waals surface area contributed by atoms with E-state index in [0.29, 0.717) is 22.8 Å². The predicted molar refractivity (Wildman–Crippen MR) is 120 cm³/mol. The van der Waals surface area contributed by atoms with Crippen molar-refractivity contribution in [1.82, 2.24) is 5.32 Å². The lowest BCUT2D eigenvalue weighted by molar-refractivity contribution is -0.119. The Kier molecular flexibility index (Phi) is 6.80. The zero-order valence-electron chi connectivity index (χ0n) is 16.8. The molecule has 5 nitrogen and oxygen atoms in total. The van der Waals surface area contributed by atoms with Crippen LogP contribution < -0.4 is 9.62 Å². The average molecular weight is 443 g/mol. The first-order valence-corrected chi connectivity index (χ1v) is 11.3. The van der Waals surface area contributed by atoms with E-state index in [4.69, 9.17) is 11.6 Å². The molecule has 0 heterocycles. The van der Waals surface area contributed by atoms with Crippen LogP contribution in [0.15, 0.2) is 77.7 Å². The molecule has 0 atom stereocenters. The van der Waals surface area contributed by atoms with Gasteiger partial charge in [0.25, 0.3) is 10.0 Å². The number of amides is 1. The Bertz CT molecular complexity index is 1130. The highest BCUT2D eigenvalue weighted by atomic mass is 35.5. The van der Waals surface area contributed by atoms with E-state index in [1.54, 1.807) is 49.4 Å². The third-order valence-corrected chi connectivity index (χ3v) is 6.67. The van der Waals surface area contributed by atoms with Crippen LogP contribution in [0.3, 0.4) is 0 Å². The van der Waals surface area contributed by atoms with Gasteiger partial charge in [-0.05, 0) is 55.3 Å². The second-order valence-electron chi connectivity index (χ2n) is 7.02. The Morgan fingerprint density at radius 1 is 0.967 bits per heavy atom. The average Bonchev–Trinajstić information content (AvgIpc) is 2.72. The molecule has 1 amide bonds. The van der Waals surface area contributed by atoms with E-state index < -0.39 is 15.9 Å². The summed E-state index contributed by atoms with van der Waals surface area (Å²) in [7, 11) is -3.95. The number of anilines is 1. The van der Waals surface area contributed by atoms with Crippen LogP contribution in [-0.4, -0.2) is 20.9 Å². The van der Waals surface area contributed by atoms with Crippen molar-refractivity contribution in [3.8, 4) is 0 Å². The van der Waals surface area contributed by atoms with Gasteiger partial charge in [0.05, 0.1) is 10.6 Å². The molecule has 0 unspecified atom stereocenters. The van der Waals surface area contributed by atoms with Crippen LogP contribution in [0.25, 0.3) is 0 Å². The summed E-state index contributed by atoms with van der Waals surface area (Å²) in [6, 6.07) is 20.9. The van der Waals surface area contributed by atoms with Gasteiger partial charge in [-0.2, -0.15) is 0 Å². The molecule has 3 aromatic carbocycles. The predicted octanol–water partition coefficient (Wildman–Crippen LogP) is 4.47. The molecule has 156 valence electrons. The summed E-state index contributed by atoms with van der Waals surface area (Å²) in [5.41, 5.74) is 2.95. The van der Waals surface area contributed by atoms with E-state index in [-0.39, 0.29) is 11.4 Å². The molecule has 1 N–H and O–H groups in total. The van der Waals surface area contributed by atoms with Gasteiger partial charge >= 0.3 is 0 Å². The second kappa shape index (κ2) is 9.32. The summed E-state index contributed by atoms with van der Waals surface area (Å²) in [4.78, 5) is 12.8. The first-order valence-electron chi connectivity index (χ1n) is 9.43. The Hall–Kier alpha value is -2.83. The van der Waals surface area contributed by atoms with Crippen LogP contribution in [0, 0.1) is 13.8 Å². The van der Waals surface area contributed by atoms with E-state index in [1.807, 2.05) is 37.3 Å². The van der Waals surface area contributed by atoms with E-state index in [2.05, 4.69) is 5.32 Å². The summed E-state index contributed by atoms with van der Waals surface area (Å²) < 4.78 is 27.9. The summed E-state index contributed by atoms with van der Waals surface area (Å²) in [5.74, 6) is -0.399. The van der Waals surface area contributed by atoms with Crippen molar-refractivity contribution in [1.29, 1.82) is 0 Å². The van der Waals surface area contributed by atoms with Gasteiger partial charge in [-0.3, -0.25) is 9.10 Å². The fourth-order valence-electron chi connectivity index (χ4n) is 3.02. The number of nitrogens with zero attached hydrogens (tertiary/aromatic N) is 1. The molecule has 0 radical (unpaired) electrons. The zero-order valence-corrected chi connectivity index (χ0v) is 18.4. The fourth-order valence-corrected chi connectivity index (χ4v) is 4.73. The van der Waals surface area contributed by atoms with Crippen LogP contribution >= 0.6 is 11.6 Å². The van der Waals surface area contributed by atoms with Gasteiger partial charge in [0.15, 0.2) is 0 Å². The summed E-state index contributed by atoms with van der Waals surface area (Å²) >= 11 is 6.05. The Labute approximate surface area is 182 Å². The van der Waals surface area contributed by atoms with Gasteiger partial charge in [0, 0.05) is 11.6 Å². The van der Waals surface area contributed by atoms with E-state index in [9.17, 15) is 13.2 Å². The van der Waals surface area contributed by atoms with Crippen molar-refractivity contribution in [2.45, 2.75) is 25.3 Å². The number of benzene rings is 3. The van der Waals surface area contributed by atoms with Crippen molar-refractivity contribution < 1.29 is 13.2 Å². The molecule has 3 rings (SSSR count). The van der Waals surface area contributed by atoms with Gasteiger partial charge in [-0.25, -0.2) is 8.42 Å². The summed E-state index contributed by atoms with van der Waals surface area (Å²) in [6.07, 6.45) is 0. The minimum absolute atomic E-state index is 0.123. The molecule has 0 saturated carbocycles. The van der Waals surface area contributed by atoms with Gasteiger partial charge < -0.3 is 5.32 Å². The molecule has 0 aliphatic heterocycles. The quantitative estimate of drug-likeness (QED) is 0.587. The molecule has 0 saturated heterocycles. The number of carbonyl (C=O) groups excluding carboxylic acids is 1. The number of rotatable bonds is 7. The number of nitrogens with one attached hydrogen (secondary N) is 1. The van der Waals surface area contributed by atoms with Gasteiger partial charge in [0.1, 0.15) is 6.54 Å². The topological polar surface area (TPSA) is 66.5 Å². The lowest BCUT2D eigenvalue weighted by Crippen LogP contribution is -2.41. The highest BCUT2D eigenvalue weighted by Gasteiger charge is 2.28. The van der Waals surface area contributed by atoms with E-state index in [1.165, 1.54) is 0 Å². The van der Waals surface area contributed by atoms with Crippen LogP contribution in [0.4, 0.5) is 5.69 Å². The van der Waals surface area contributed by atoms with Crippen LogP contribution in [0.1, 0.15) is 16.7 Å². The van der Waals surface area contributed by atoms with Crippen LogP contribution in [-0.2, 0) is 21.4 Å². The third kappa shape index (κ3) is 5.20. The molecule has 0 fully saturated rings. The smallest absolute Gasteiger partial charge is 0.264 e. The normalized spacial score (nSPS) is 11.2. The molecule has 0 aliphatic carbocycles. The monoisotopic (exact) mass is 442 g/mol. The molecule has 0 spiro atoms. The molecular weight excluding hydrogens is 420 g/mol. The van der Waals surface area contributed by atoms with Crippen molar-refractivity contribution in [2.75, 3.05) is 10.8 Å². The molecule has 0 aliphatic rings. The first kappa shape index (κ1) is 21.9. The Morgan fingerprint density at radius 2 is 1.63 bits per heavy atom. The van der Waals surface area contributed by atoms with E-state index >= 15 is 0 Å². The van der Waals surface area contributed by atoms with Crippen LogP contribution in [0.5, 0.6) is 0 Å². The number of carbonyl (C=O) groups is 1. The third-order valence-electron chi connectivity index (χ3n) is 4.66. The lowest BCUT2D eigenvalue weighted by Gasteiger charge is -2.26. The second-order valence-corrected chi connectivity index (χ2v) is 9.32. The SMILES string of the molecule is Cc1ccc(S(=O)(=O)N(CC(=O)NCc2ccccc2)c2ccc(Cl)cc2C)cc1. The van der Waals surface area contributed by atoms with E-state index in [0.717, 1.165) is 15.4 Å². The summed E-state index contributed by atoms with van der Waals surface area (Å²) in [5, 5.41) is 3.29. The van der Waals surface area contributed by atoms with Crippen molar-refractivity contribution in [3.63, 3.8) is 0 Å².